The van der Waals surface area contributed by atoms with Crippen LogP contribution in [0.5, 0.6) is 0 Å². The van der Waals surface area contributed by atoms with Crippen molar-refractivity contribution in [2.75, 3.05) is 0 Å². The number of amides is 1. The number of hydrogen-bond acceptors (Lipinski definition) is 2. The summed E-state index contributed by atoms with van der Waals surface area (Å²) >= 11 is 0. The number of carbonyl (C=O) groups is 1. The van der Waals surface area contributed by atoms with Crippen molar-refractivity contribution in [1.29, 1.82) is 5.26 Å². The topological polar surface area (TPSA) is 66.9 Å². The van der Waals surface area contributed by atoms with Gasteiger partial charge in [-0.2, -0.15) is 5.26 Å². The predicted octanol–water partition coefficient (Wildman–Crippen LogP) is 0.796. The van der Waals surface area contributed by atoms with Crippen LogP contribution in [-0.4, -0.2) is 5.91 Å². The standard InChI is InChI=1S/C8H5FN2O/c9-7-2-1-5(4-10)3-6(7)8(11)12/h1-3H,(H2,11,12). The molecule has 0 radical (unpaired) electrons. The van der Waals surface area contributed by atoms with Crippen molar-refractivity contribution >= 4 is 5.91 Å². The summed E-state index contributed by atoms with van der Waals surface area (Å²) in [5.74, 6) is -1.58. The normalized spacial score (nSPS) is 9.00. The second kappa shape index (κ2) is 3.01. The summed E-state index contributed by atoms with van der Waals surface area (Å²) in [7, 11) is 0. The van der Waals surface area contributed by atoms with Crippen molar-refractivity contribution in [3.8, 4) is 6.07 Å². The Kier molecular flexibility index (Phi) is 2.06. The molecule has 0 heterocycles. The summed E-state index contributed by atoms with van der Waals surface area (Å²) in [6, 6.07) is 5.22. The largest absolute Gasteiger partial charge is 0.366 e. The van der Waals surface area contributed by atoms with E-state index < -0.39 is 11.7 Å². The number of nitrogens with two attached hydrogens (primary N) is 1. The molecule has 0 fully saturated rings. The highest BCUT2D eigenvalue weighted by Crippen LogP contribution is 2.08. The monoisotopic (exact) mass is 164 g/mol. The van der Waals surface area contributed by atoms with Crippen molar-refractivity contribution in [2.24, 2.45) is 5.73 Å². The van der Waals surface area contributed by atoms with Gasteiger partial charge in [0.1, 0.15) is 5.82 Å². The van der Waals surface area contributed by atoms with Crippen LogP contribution in [0.25, 0.3) is 0 Å². The Morgan fingerprint density at radius 1 is 1.58 bits per heavy atom. The van der Waals surface area contributed by atoms with E-state index in [-0.39, 0.29) is 11.1 Å². The van der Waals surface area contributed by atoms with Gasteiger partial charge in [0.25, 0.3) is 5.91 Å². The Morgan fingerprint density at radius 2 is 2.25 bits per heavy atom. The molecule has 60 valence electrons. The Bertz CT molecular complexity index is 368. The molecular formula is C8H5FN2O. The number of nitriles is 1. The number of halogens is 1. The van der Waals surface area contributed by atoms with E-state index in [9.17, 15) is 9.18 Å². The first-order chi connectivity index (χ1) is 5.65. The van der Waals surface area contributed by atoms with Gasteiger partial charge in [0, 0.05) is 0 Å². The summed E-state index contributed by atoms with van der Waals surface area (Å²) in [6.45, 7) is 0. The molecule has 0 aromatic heterocycles. The Labute approximate surface area is 68.2 Å². The van der Waals surface area contributed by atoms with Gasteiger partial charge in [-0.15, -0.1) is 0 Å². The molecular weight excluding hydrogens is 159 g/mol. The molecule has 0 aliphatic rings. The van der Waals surface area contributed by atoms with E-state index in [4.69, 9.17) is 11.0 Å². The Morgan fingerprint density at radius 3 is 2.75 bits per heavy atom. The SMILES string of the molecule is N#Cc1ccc(F)c(C(N)=O)c1. The van der Waals surface area contributed by atoms with Gasteiger partial charge in [-0.05, 0) is 18.2 Å². The third kappa shape index (κ3) is 1.40. The van der Waals surface area contributed by atoms with E-state index in [1.165, 1.54) is 6.07 Å². The minimum atomic E-state index is -0.871. The highest BCUT2D eigenvalue weighted by molar-refractivity contribution is 5.93. The van der Waals surface area contributed by atoms with E-state index in [0.29, 0.717) is 0 Å². The first-order valence-electron chi connectivity index (χ1n) is 3.14. The molecule has 0 aliphatic carbocycles. The number of rotatable bonds is 1. The van der Waals surface area contributed by atoms with Crippen molar-refractivity contribution in [3.05, 3.63) is 35.1 Å². The third-order valence-electron chi connectivity index (χ3n) is 1.36. The van der Waals surface area contributed by atoms with Gasteiger partial charge in [0.15, 0.2) is 0 Å². The van der Waals surface area contributed by atoms with Crippen LogP contribution in [0.3, 0.4) is 0 Å². The van der Waals surface area contributed by atoms with Gasteiger partial charge in [0.2, 0.25) is 0 Å². The zero-order chi connectivity index (χ0) is 9.14. The van der Waals surface area contributed by atoms with E-state index in [2.05, 4.69) is 0 Å². The second-order valence-corrected chi connectivity index (χ2v) is 2.17. The van der Waals surface area contributed by atoms with Crippen LogP contribution in [-0.2, 0) is 0 Å². The molecule has 1 aromatic rings. The molecule has 1 aromatic carbocycles. The minimum absolute atomic E-state index is 0.213. The van der Waals surface area contributed by atoms with Gasteiger partial charge >= 0.3 is 0 Å². The molecule has 3 nitrogen and oxygen atoms in total. The fourth-order valence-corrected chi connectivity index (χ4v) is 0.784. The first-order valence-corrected chi connectivity index (χ1v) is 3.14. The number of hydrogen-bond donors (Lipinski definition) is 1. The molecule has 2 N–H and O–H groups in total. The quantitative estimate of drug-likeness (QED) is 0.666. The van der Waals surface area contributed by atoms with Crippen LogP contribution in [0.2, 0.25) is 0 Å². The summed E-state index contributed by atoms with van der Waals surface area (Å²) in [5, 5.41) is 8.41. The maximum atomic E-state index is 12.7. The minimum Gasteiger partial charge on any atom is -0.366 e. The average molecular weight is 164 g/mol. The zero-order valence-corrected chi connectivity index (χ0v) is 6.04. The molecule has 0 aliphatic heterocycles. The van der Waals surface area contributed by atoms with Gasteiger partial charge in [-0.25, -0.2) is 4.39 Å². The van der Waals surface area contributed by atoms with Crippen LogP contribution in [0.15, 0.2) is 18.2 Å². The smallest absolute Gasteiger partial charge is 0.251 e. The Balaban J connectivity index is 3.28. The second-order valence-electron chi connectivity index (χ2n) is 2.17. The van der Waals surface area contributed by atoms with E-state index in [1.54, 1.807) is 6.07 Å². The van der Waals surface area contributed by atoms with Crippen molar-refractivity contribution in [2.45, 2.75) is 0 Å². The molecule has 1 amide bonds. The van der Waals surface area contributed by atoms with Crippen LogP contribution >= 0.6 is 0 Å². The highest BCUT2D eigenvalue weighted by atomic mass is 19.1. The lowest BCUT2D eigenvalue weighted by molar-refractivity contribution is 0.0996. The number of primary amides is 1. The summed E-state index contributed by atoms with van der Waals surface area (Å²) in [4.78, 5) is 10.6. The molecule has 4 heteroatoms. The predicted molar refractivity (Wildman–Crippen MR) is 39.6 cm³/mol. The molecule has 0 unspecified atom stereocenters. The maximum Gasteiger partial charge on any atom is 0.251 e. The zero-order valence-electron chi connectivity index (χ0n) is 6.04. The molecule has 0 atom stereocenters. The van der Waals surface area contributed by atoms with Gasteiger partial charge in [-0.1, -0.05) is 0 Å². The van der Waals surface area contributed by atoms with E-state index in [1.807, 2.05) is 0 Å². The van der Waals surface area contributed by atoms with Crippen LogP contribution in [0, 0.1) is 17.1 Å². The van der Waals surface area contributed by atoms with Crippen molar-refractivity contribution in [1.82, 2.24) is 0 Å². The first kappa shape index (κ1) is 8.21. The van der Waals surface area contributed by atoms with Crippen LogP contribution in [0.4, 0.5) is 4.39 Å². The third-order valence-corrected chi connectivity index (χ3v) is 1.36. The van der Waals surface area contributed by atoms with Gasteiger partial charge in [0.05, 0.1) is 17.2 Å². The van der Waals surface area contributed by atoms with Gasteiger partial charge in [-0.3, -0.25) is 4.79 Å². The lowest BCUT2D eigenvalue weighted by Crippen LogP contribution is -2.13. The summed E-state index contributed by atoms with van der Waals surface area (Å²) in [6.07, 6.45) is 0. The number of nitrogens with zero attached hydrogens (tertiary/aromatic N) is 1. The van der Waals surface area contributed by atoms with Crippen LogP contribution in [0.1, 0.15) is 15.9 Å². The molecule has 0 saturated carbocycles. The average Bonchev–Trinajstić information content (AvgIpc) is 2.05. The highest BCUT2D eigenvalue weighted by Gasteiger charge is 2.07. The fraction of sp³-hybridized carbons (Fsp3) is 0. The van der Waals surface area contributed by atoms with Crippen molar-refractivity contribution < 1.29 is 9.18 Å². The molecule has 0 bridgehead atoms. The fourth-order valence-electron chi connectivity index (χ4n) is 0.784. The van der Waals surface area contributed by atoms with Crippen LogP contribution < -0.4 is 5.73 Å². The Hall–Kier alpha value is -1.89. The lowest BCUT2D eigenvalue weighted by Gasteiger charge is -1.96. The maximum absolute atomic E-state index is 12.7. The molecule has 1 rings (SSSR count). The van der Waals surface area contributed by atoms with E-state index >= 15 is 0 Å². The lowest BCUT2D eigenvalue weighted by atomic mass is 10.1. The number of carbonyl (C=O) groups excluding carboxylic acids is 1. The molecule has 0 saturated heterocycles. The van der Waals surface area contributed by atoms with Crippen molar-refractivity contribution in [3.63, 3.8) is 0 Å². The molecule has 12 heavy (non-hydrogen) atoms. The summed E-state index contributed by atoms with van der Waals surface area (Å²) < 4.78 is 12.7. The summed E-state index contributed by atoms with van der Waals surface area (Å²) in [5.41, 5.74) is 4.81. The van der Waals surface area contributed by atoms with E-state index in [0.717, 1.165) is 12.1 Å². The molecule has 0 spiro atoms. The number of benzene rings is 1. The van der Waals surface area contributed by atoms with Gasteiger partial charge < -0.3 is 5.73 Å².